The van der Waals surface area contributed by atoms with E-state index in [1.807, 2.05) is 6.20 Å². The van der Waals surface area contributed by atoms with Crippen LogP contribution in [-0.4, -0.2) is 47.3 Å². The maximum absolute atomic E-state index is 5.38. The molecule has 0 radical (unpaired) electrons. The molecule has 1 fully saturated rings. The summed E-state index contributed by atoms with van der Waals surface area (Å²) in [6, 6.07) is 8.29. The minimum atomic E-state index is 0.851. The summed E-state index contributed by atoms with van der Waals surface area (Å²) in [6.45, 7) is 5.77. The number of nitrogens with zero attached hydrogens (tertiary/aromatic N) is 3. The van der Waals surface area contributed by atoms with Crippen molar-refractivity contribution in [2.45, 2.75) is 6.54 Å². The molecular weight excluding hydrogens is 318 g/mol. The molecule has 1 aliphatic heterocycles. The molecule has 0 atom stereocenters. The van der Waals surface area contributed by atoms with Crippen LogP contribution in [0.25, 0.3) is 11.4 Å². The van der Waals surface area contributed by atoms with E-state index in [4.69, 9.17) is 4.74 Å². The van der Waals surface area contributed by atoms with Gasteiger partial charge in [-0.25, -0.2) is 4.98 Å². The van der Waals surface area contributed by atoms with Crippen molar-refractivity contribution in [2.75, 3.05) is 32.8 Å². The van der Waals surface area contributed by atoms with E-state index in [0.29, 0.717) is 0 Å². The largest absolute Gasteiger partial charge is 0.379 e. The Labute approximate surface area is 127 Å². The quantitative estimate of drug-likeness (QED) is 0.860. The molecule has 0 bridgehead atoms. The molecule has 2 heterocycles. The number of halogens is 1. The Balaban J connectivity index is 1.68. The Hall–Kier alpha value is -1.17. The highest BCUT2D eigenvalue weighted by Crippen LogP contribution is 2.20. The van der Waals surface area contributed by atoms with Crippen molar-refractivity contribution in [3.63, 3.8) is 0 Å². The third kappa shape index (κ3) is 3.29. The van der Waals surface area contributed by atoms with Crippen LogP contribution >= 0.6 is 15.9 Å². The van der Waals surface area contributed by atoms with E-state index >= 15 is 0 Å². The molecule has 3 rings (SSSR count). The average molecular weight is 336 g/mol. The van der Waals surface area contributed by atoms with Gasteiger partial charge in [0.1, 0.15) is 5.82 Å². The SMILES string of the molecule is Brc1ccc(-c2nccn2CCN2CCOCC2)cc1. The van der Waals surface area contributed by atoms with Crippen LogP contribution in [0.2, 0.25) is 0 Å². The Morgan fingerprint density at radius 2 is 1.85 bits per heavy atom. The van der Waals surface area contributed by atoms with Gasteiger partial charge in [-0.3, -0.25) is 4.90 Å². The van der Waals surface area contributed by atoms with Crippen LogP contribution in [0.4, 0.5) is 0 Å². The zero-order valence-corrected chi connectivity index (χ0v) is 12.9. The fourth-order valence-corrected chi connectivity index (χ4v) is 2.69. The summed E-state index contributed by atoms with van der Waals surface area (Å²) in [6.07, 6.45) is 3.93. The molecular formula is C15H18BrN3O. The normalized spacial score (nSPS) is 16.4. The van der Waals surface area contributed by atoms with E-state index in [1.165, 1.54) is 0 Å². The van der Waals surface area contributed by atoms with Crippen molar-refractivity contribution in [3.05, 3.63) is 41.1 Å². The molecule has 0 saturated carbocycles. The highest BCUT2D eigenvalue weighted by Gasteiger charge is 2.11. The molecule has 0 amide bonds. The van der Waals surface area contributed by atoms with Crippen molar-refractivity contribution in [1.29, 1.82) is 0 Å². The van der Waals surface area contributed by atoms with Crippen LogP contribution in [0, 0.1) is 0 Å². The van der Waals surface area contributed by atoms with E-state index in [-0.39, 0.29) is 0 Å². The number of ether oxygens (including phenoxy) is 1. The van der Waals surface area contributed by atoms with Crippen molar-refractivity contribution in [2.24, 2.45) is 0 Å². The highest BCUT2D eigenvalue weighted by molar-refractivity contribution is 9.10. The van der Waals surface area contributed by atoms with E-state index in [2.05, 4.69) is 60.8 Å². The minimum Gasteiger partial charge on any atom is -0.379 e. The molecule has 0 aliphatic carbocycles. The molecule has 0 N–H and O–H groups in total. The molecule has 20 heavy (non-hydrogen) atoms. The van der Waals surface area contributed by atoms with Crippen LogP contribution in [0.3, 0.4) is 0 Å². The van der Waals surface area contributed by atoms with Gasteiger partial charge in [-0.1, -0.05) is 28.1 Å². The fraction of sp³-hybridized carbons (Fsp3) is 0.400. The lowest BCUT2D eigenvalue weighted by Gasteiger charge is -2.26. The van der Waals surface area contributed by atoms with Gasteiger partial charge in [0.2, 0.25) is 0 Å². The third-order valence-electron chi connectivity index (χ3n) is 3.58. The summed E-state index contributed by atoms with van der Waals surface area (Å²) in [5.74, 6) is 1.03. The average Bonchev–Trinajstić information content (AvgIpc) is 2.95. The van der Waals surface area contributed by atoms with Crippen molar-refractivity contribution in [1.82, 2.24) is 14.5 Å². The molecule has 1 aromatic heterocycles. The number of hydrogen-bond donors (Lipinski definition) is 0. The van der Waals surface area contributed by atoms with Crippen molar-refractivity contribution in [3.8, 4) is 11.4 Å². The van der Waals surface area contributed by atoms with Gasteiger partial charge >= 0.3 is 0 Å². The molecule has 1 aliphatic rings. The number of imidazole rings is 1. The standard InChI is InChI=1S/C15H18BrN3O/c16-14-3-1-13(2-4-14)15-17-5-6-19(15)8-7-18-9-11-20-12-10-18/h1-6H,7-12H2. The second kappa shape index (κ2) is 6.52. The first-order chi connectivity index (χ1) is 9.83. The molecule has 106 valence electrons. The van der Waals surface area contributed by atoms with E-state index in [9.17, 15) is 0 Å². The number of benzene rings is 1. The predicted octanol–water partition coefficient (Wildman–Crippen LogP) is 2.64. The summed E-state index contributed by atoms with van der Waals surface area (Å²) >= 11 is 3.46. The zero-order chi connectivity index (χ0) is 13.8. The van der Waals surface area contributed by atoms with Gasteiger partial charge in [-0.05, 0) is 12.1 Å². The van der Waals surface area contributed by atoms with E-state index in [0.717, 1.165) is 55.3 Å². The van der Waals surface area contributed by atoms with Gasteiger partial charge in [-0.2, -0.15) is 0 Å². The van der Waals surface area contributed by atoms with Gasteiger partial charge in [0, 0.05) is 48.6 Å². The van der Waals surface area contributed by atoms with Crippen molar-refractivity contribution >= 4 is 15.9 Å². The van der Waals surface area contributed by atoms with Crippen LogP contribution in [0.5, 0.6) is 0 Å². The third-order valence-corrected chi connectivity index (χ3v) is 4.11. The van der Waals surface area contributed by atoms with Crippen LogP contribution < -0.4 is 0 Å². The highest BCUT2D eigenvalue weighted by atomic mass is 79.9. The van der Waals surface area contributed by atoms with Gasteiger partial charge in [-0.15, -0.1) is 0 Å². The number of rotatable bonds is 4. The Kier molecular flexibility index (Phi) is 4.50. The van der Waals surface area contributed by atoms with Crippen LogP contribution in [0.1, 0.15) is 0 Å². The lowest BCUT2D eigenvalue weighted by Crippen LogP contribution is -2.38. The summed E-state index contributed by atoms with van der Waals surface area (Å²) in [7, 11) is 0. The number of morpholine rings is 1. The molecule has 0 unspecified atom stereocenters. The van der Waals surface area contributed by atoms with Gasteiger partial charge in [0.15, 0.2) is 0 Å². The number of hydrogen-bond acceptors (Lipinski definition) is 3. The first-order valence-corrected chi connectivity index (χ1v) is 7.69. The summed E-state index contributed by atoms with van der Waals surface area (Å²) in [5.41, 5.74) is 1.15. The lowest BCUT2D eigenvalue weighted by atomic mass is 10.2. The van der Waals surface area contributed by atoms with Gasteiger partial charge in [0.05, 0.1) is 13.2 Å². The van der Waals surface area contributed by atoms with Gasteiger partial charge in [0.25, 0.3) is 0 Å². The monoisotopic (exact) mass is 335 g/mol. The molecule has 1 saturated heterocycles. The van der Waals surface area contributed by atoms with Gasteiger partial charge < -0.3 is 9.30 Å². The molecule has 1 aromatic carbocycles. The topological polar surface area (TPSA) is 30.3 Å². The first kappa shape index (κ1) is 13.8. The Bertz CT molecular complexity index is 547. The molecule has 2 aromatic rings. The zero-order valence-electron chi connectivity index (χ0n) is 11.3. The van der Waals surface area contributed by atoms with Crippen LogP contribution in [-0.2, 0) is 11.3 Å². The second-order valence-electron chi connectivity index (χ2n) is 4.91. The van der Waals surface area contributed by atoms with E-state index in [1.54, 1.807) is 0 Å². The van der Waals surface area contributed by atoms with Crippen LogP contribution in [0.15, 0.2) is 41.1 Å². The fourth-order valence-electron chi connectivity index (χ4n) is 2.42. The Morgan fingerprint density at radius 1 is 1.10 bits per heavy atom. The second-order valence-corrected chi connectivity index (χ2v) is 5.82. The maximum Gasteiger partial charge on any atom is 0.139 e. The number of aromatic nitrogens is 2. The predicted molar refractivity (Wildman–Crippen MR) is 82.6 cm³/mol. The maximum atomic E-state index is 5.38. The van der Waals surface area contributed by atoms with Crippen molar-refractivity contribution < 1.29 is 4.74 Å². The molecule has 0 spiro atoms. The Morgan fingerprint density at radius 3 is 2.60 bits per heavy atom. The smallest absolute Gasteiger partial charge is 0.139 e. The molecule has 5 heteroatoms. The first-order valence-electron chi connectivity index (χ1n) is 6.90. The van der Waals surface area contributed by atoms with E-state index < -0.39 is 0 Å². The summed E-state index contributed by atoms with van der Waals surface area (Å²) in [5, 5.41) is 0. The summed E-state index contributed by atoms with van der Waals surface area (Å²) < 4.78 is 8.69. The summed E-state index contributed by atoms with van der Waals surface area (Å²) in [4.78, 5) is 6.92. The lowest BCUT2D eigenvalue weighted by molar-refractivity contribution is 0.0364. The minimum absolute atomic E-state index is 0.851. The molecule has 4 nitrogen and oxygen atoms in total.